The third kappa shape index (κ3) is 8.64. The monoisotopic (exact) mass is 442 g/mol. The molecular weight excluding hydrogens is 400 g/mol. The van der Waals surface area contributed by atoms with Gasteiger partial charge in [0.1, 0.15) is 0 Å². The largest absolute Gasteiger partial charge is 0.490 e. The fourth-order valence-electron chi connectivity index (χ4n) is 3.15. The average molecular weight is 443 g/mol. The van der Waals surface area contributed by atoms with Crippen molar-refractivity contribution in [3.8, 4) is 34.1 Å². The van der Waals surface area contributed by atoms with Gasteiger partial charge in [-0.3, -0.25) is 0 Å². The molecule has 4 heteroatoms. The first-order valence-electron chi connectivity index (χ1n) is 12.5. The molecule has 0 aliphatic heterocycles. The molecule has 0 unspecified atom stereocenters. The number of unbranched alkanes of at least 4 members (excludes halogenated alkanes) is 4. The third-order valence-corrected chi connectivity index (χ3v) is 5.24. The molecule has 0 bridgehead atoms. The molecule has 0 aliphatic carbocycles. The van der Waals surface area contributed by atoms with Crippen molar-refractivity contribution in [3.05, 3.63) is 36.4 Å². The van der Waals surface area contributed by atoms with Crippen LogP contribution in [-0.2, 0) is 0 Å². The molecule has 0 amide bonds. The summed E-state index contributed by atoms with van der Waals surface area (Å²) in [5.41, 5.74) is 2.17. The van der Waals surface area contributed by atoms with E-state index in [1.54, 1.807) is 0 Å². The van der Waals surface area contributed by atoms with Crippen molar-refractivity contribution in [1.29, 1.82) is 0 Å². The van der Waals surface area contributed by atoms with Gasteiger partial charge in [-0.15, -0.1) is 0 Å². The molecule has 2 rings (SSSR count). The molecule has 2 aromatic rings. The van der Waals surface area contributed by atoms with Crippen molar-refractivity contribution in [2.45, 2.75) is 79.1 Å². The molecular formula is C28H42O4. The number of benzene rings is 2. The zero-order valence-electron chi connectivity index (χ0n) is 20.6. The second-order valence-corrected chi connectivity index (χ2v) is 8.13. The molecule has 0 N–H and O–H groups in total. The second-order valence-electron chi connectivity index (χ2n) is 8.13. The zero-order valence-corrected chi connectivity index (χ0v) is 20.6. The van der Waals surface area contributed by atoms with Gasteiger partial charge in [0.05, 0.1) is 26.4 Å². The average Bonchev–Trinajstić information content (AvgIpc) is 2.81. The molecule has 0 radical (unpaired) electrons. The highest BCUT2D eigenvalue weighted by atomic mass is 16.5. The van der Waals surface area contributed by atoms with Gasteiger partial charge in [0.25, 0.3) is 0 Å². The molecule has 4 nitrogen and oxygen atoms in total. The van der Waals surface area contributed by atoms with Crippen LogP contribution in [0.15, 0.2) is 36.4 Å². The highest BCUT2D eigenvalue weighted by molar-refractivity contribution is 5.70. The maximum absolute atomic E-state index is 6.09. The normalized spacial score (nSPS) is 10.8. The predicted octanol–water partition coefficient (Wildman–Crippen LogP) is 8.07. The molecule has 2 aromatic carbocycles. The summed E-state index contributed by atoms with van der Waals surface area (Å²) in [6.07, 6.45) is 8.54. The molecule has 32 heavy (non-hydrogen) atoms. The number of rotatable bonds is 17. The Morgan fingerprint density at radius 2 is 0.750 bits per heavy atom. The molecule has 0 saturated carbocycles. The topological polar surface area (TPSA) is 36.9 Å². The Labute approximate surface area is 195 Å². The lowest BCUT2D eigenvalue weighted by molar-refractivity contribution is 0.261. The van der Waals surface area contributed by atoms with Crippen molar-refractivity contribution in [2.75, 3.05) is 26.4 Å². The summed E-state index contributed by atoms with van der Waals surface area (Å²) in [7, 11) is 0. The summed E-state index contributed by atoms with van der Waals surface area (Å²) in [5, 5.41) is 0. The second kappa shape index (κ2) is 15.4. The van der Waals surface area contributed by atoms with E-state index in [1.807, 2.05) is 12.1 Å². The van der Waals surface area contributed by atoms with Crippen LogP contribution in [0, 0.1) is 0 Å². The van der Waals surface area contributed by atoms with E-state index in [0.717, 1.165) is 85.5 Å². The van der Waals surface area contributed by atoms with E-state index in [-0.39, 0.29) is 0 Å². The molecule has 0 aromatic heterocycles. The van der Waals surface area contributed by atoms with Crippen LogP contribution in [0.2, 0.25) is 0 Å². The quantitative estimate of drug-likeness (QED) is 0.232. The maximum atomic E-state index is 6.09. The minimum Gasteiger partial charge on any atom is -0.490 e. The molecule has 178 valence electrons. The molecule has 0 aliphatic rings. The number of ether oxygens (including phenoxy) is 4. The Hall–Kier alpha value is -2.36. The Balaban J connectivity index is 2.27. The molecule has 0 spiro atoms. The number of hydrogen-bond donors (Lipinski definition) is 0. The van der Waals surface area contributed by atoms with Crippen molar-refractivity contribution in [2.24, 2.45) is 0 Å². The zero-order chi connectivity index (χ0) is 23.0. The smallest absolute Gasteiger partial charge is 0.161 e. The van der Waals surface area contributed by atoms with E-state index in [9.17, 15) is 0 Å². The summed E-state index contributed by atoms with van der Waals surface area (Å²) in [6, 6.07) is 12.4. The van der Waals surface area contributed by atoms with Gasteiger partial charge in [-0.2, -0.15) is 0 Å². The van der Waals surface area contributed by atoms with Gasteiger partial charge in [-0.1, -0.05) is 65.5 Å². The summed E-state index contributed by atoms with van der Waals surface area (Å²) in [5.74, 6) is 3.25. The summed E-state index contributed by atoms with van der Waals surface area (Å²) in [6.45, 7) is 11.5. The van der Waals surface area contributed by atoms with Gasteiger partial charge in [0.2, 0.25) is 0 Å². The van der Waals surface area contributed by atoms with Crippen LogP contribution in [0.1, 0.15) is 79.1 Å². The molecule has 0 saturated heterocycles. The Bertz CT molecular complexity index is 707. The maximum Gasteiger partial charge on any atom is 0.161 e. The van der Waals surface area contributed by atoms with Crippen LogP contribution in [0.25, 0.3) is 11.1 Å². The number of hydrogen-bond acceptors (Lipinski definition) is 4. The van der Waals surface area contributed by atoms with Gasteiger partial charge in [-0.25, -0.2) is 0 Å². The van der Waals surface area contributed by atoms with E-state index in [1.165, 1.54) is 0 Å². The Morgan fingerprint density at radius 1 is 0.438 bits per heavy atom. The van der Waals surface area contributed by atoms with Crippen molar-refractivity contribution < 1.29 is 18.9 Å². The fraction of sp³-hybridized carbons (Fsp3) is 0.571. The summed E-state index contributed by atoms with van der Waals surface area (Å²) in [4.78, 5) is 0. The van der Waals surface area contributed by atoms with Gasteiger partial charge in [0.15, 0.2) is 23.0 Å². The van der Waals surface area contributed by atoms with Crippen molar-refractivity contribution in [1.82, 2.24) is 0 Å². The minimum atomic E-state index is 0.694. The molecule has 0 atom stereocenters. The molecule has 0 heterocycles. The van der Waals surface area contributed by atoms with Crippen LogP contribution >= 0.6 is 0 Å². The van der Waals surface area contributed by atoms with E-state index in [0.29, 0.717) is 26.4 Å². The predicted molar refractivity (Wildman–Crippen MR) is 133 cm³/mol. The van der Waals surface area contributed by atoms with Crippen LogP contribution in [0.4, 0.5) is 0 Å². The first kappa shape index (κ1) is 25.9. The lowest BCUT2D eigenvalue weighted by atomic mass is 10.0. The summed E-state index contributed by atoms with van der Waals surface area (Å²) < 4.78 is 24.2. The Kier molecular flexibility index (Phi) is 12.5. The van der Waals surface area contributed by atoms with E-state index >= 15 is 0 Å². The Morgan fingerprint density at radius 3 is 1.06 bits per heavy atom. The van der Waals surface area contributed by atoms with Gasteiger partial charge < -0.3 is 18.9 Å². The first-order valence-corrected chi connectivity index (χ1v) is 12.5. The minimum absolute atomic E-state index is 0.694. The standard InChI is InChI=1S/C28H42O4/c1-5-9-17-29-25-15-13-23(21-27(25)31-19-11-7-3)24-14-16-26(30-18-10-6-2)28(22-24)32-20-12-8-4/h13-16,21-22H,5-12,17-20H2,1-4H3. The molecule has 0 fully saturated rings. The van der Waals surface area contributed by atoms with Gasteiger partial charge in [-0.05, 0) is 61.1 Å². The van der Waals surface area contributed by atoms with Crippen LogP contribution in [0.5, 0.6) is 23.0 Å². The van der Waals surface area contributed by atoms with E-state index in [4.69, 9.17) is 18.9 Å². The van der Waals surface area contributed by atoms with Gasteiger partial charge in [0, 0.05) is 0 Å². The third-order valence-electron chi connectivity index (χ3n) is 5.24. The van der Waals surface area contributed by atoms with E-state index in [2.05, 4.69) is 52.0 Å². The fourth-order valence-corrected chi connectivity index (χ4v) is 3.15. The van der Waals surface area contributed by atoms with Crippen molar-refractivity contribution in [3.63, 3.8) is 0 Å². The van der Waals surface area contributed by atoms with Crippen LogP contribution in [-0.4, -0.2) is 26.4 Å². The lowest BCUT2D eigenvalue weighted by Gasteiger charge is -2.16. The van der Waals surface area contributed by atoms with Crippen LogP contribution in [0.3, 0.4) is 0 Å². The highest BCUT2D eigenvalue weighted by Crippen LogP contribution is 2.37. The van der Waals surface area contributed by atoms with Crippen molar-refractivity contribution >= 4 is 0 Å². The lowest BCUT2D eigenvalue weighted by Crippen LogP contribution is -2.03. The first-order chi connectivity index (χ1) is 15.7. The SMILES string of the molecule is CCCCOc1ccc(-c2ccc(OCCCC)c(OCCCC)c2)cc1OCCCC. The highest BCUT2D eigenvalue weighted by Gasteiger charge is 2.12. The summed E-state index contributed by atoms with van der Waals surface area (Å²) >= 11 is 0. The van der Waals surface area contributed by atoms with Crippen LogP contribution < -0.4 is 18.9 Å². The van der Waals surface area contributed by atoms with Gasteiger partial charge >= 0.3 is 0 Å². The van der Waals surface area contributed by atoms with E-state index < -0.39 is 0 Å².